The highest BCUT2D eigenvalue weighted by atomic mass is 127. The van der Waals surface area contributed by atoms with Crippen LogP contribution in [0.4, 0.5) is 0 Å². The number of rotatable bonds is 11. The van der Waals surface area contributed by atoms with E-state index in [1.54, 1.807) is 0 Å². The number of hydrogen-bond donors (Lipinski definition) is 3. The van der Waals surface area contributed by atoms with Gasteiger partial charge >= 0.3 is 0 Å². The molecular weight excluding hydrogens is 439 g/mol. The minimum Gasteiger partial charge on any atom is -0.370 e. The fourth-order valence-electron chi connectivity index (χ4n) is 1.97. The second-order valence-electron chi connectivity index (χ2n) is 5.38. The van der Waals surface area contributed by atoms with Crippen molar-refractivity contribution in [3.05, 3.63) is 35.9 Å². The highest BCUT2D eigenvalue weighted by molar-refractivity contribution is 14.0. The third kappa shape index (κ3) is 11.6. The zero-order valence-electron chi connectivity index (χ0n) is 14.2. The van der Waals surface area contributed by atoms with Gasteiger partial charge in [-0.25, -0.2) is 13.1 Å². The predicted octanol–water partition coefficient (Wildman–Crippen LogP) is 2.21. The van der Waals surface area contributed by atoms with Crippen LogP contribution in [-0.4, -0.2) is 33.2 Å². The number of nitrogens with two attached hydrogens (primary N) is 1. The Labute approximate surface area is 162 Å². The summed E-state index contributed by atoms with van der Waals surface area (Å²) in [4.78, 5) is 4.18. The van der Waals surface area contributed by atoms with Gasteiger partial charge in [-0.3, -0.25) is 4.99 Å². The molecular formula is C16H29IN4O2S. The van der Waals surface area contributed by atoms with E-state index in [1.165, 1.54) is 12.8 Å². The van der Waals surface area contributed by atoms with Crippen LogP contribution in [-0.2, 0) is 16.6 Å². The Kier molecular flexibility index (Phi) is 12.9. The molecule has 0 radical (unpaired) electrons. The topological polar surface area (TPSA) is 96.6 Å². The molecule has 1 aromatic carbocycles. The summed E-state index contributed by atoms with van der Waals surface area (Å²) in [7, 11) is -3.33. The van der Waals surface area contributed by atoms with Crippen LogP contribution in [0, 0.1) is 0 Å². The monoisotopic (exact) mass is 468 g/mol. The molecule has 1 rings (SSSR count). The molecule has 6 nitrogen and oxygen atoms in total. The van der Waals surface area contributed by atoms with E-state index in [-0.39, 0.29) is 36.3 Å². The Morgan fingerprint density at radius 3 is 2.54 bits per heavy atom. The molecule has 0 fully saturated rings. The van der Waals surface area contributed by atoms with E-state index in [2.05, 4.69) is 22.0 Å². The average Bonchev–Trinajstić information content (AvgIpc) is 2.54. The van der Waals surface area contributed by atoms with Crippen LogP contribution >= 0.6 is 24.0 Å². The molecule has 0 aromatic heterocycles. The van der Waals surface area contributed by atoms with Crippen LogP contribution in [0.2, 0.25) is 0 Å². The van der Waals surface area contributed by atoms with E-state index < -0.39 is 10.0 Å². The van der Waals surface area contributed by atoms with E-state index in [0.29, 0.717) is 19.0 Å². The van der Waals surface area contributed by atoms with Crippen LogP contribution in [0.3, 0.4) is 0 Å². The van der Waals surface area contributed by atoms with Crippen molar-refractivity contribution in [2.75, 3.05) is 18.8 Å². The standard InChI is InChI=1S/C16H28N4O2S.HI/c1-2-3-4-8-11-18-16(17)19-12-13-23(21,22)20-14-15-9-6-5-7-10-15;/h5-7,9-10,20H,2-4,8,11-14H2,1H3,(H3,17,18,19);1H. The van der Waals surface area contributed by atoms with Crippen LogP contribution in [0.15, 0.2) is 35.3 Å². The molecule has 0 aliphatic rings. The van der Waals surface area contributed by atoms with Crippen molar-refractivity contribution in [1.29, 1.82) is 0 Å². The van der Waals surface area contributed by atoms with E-state index in [9.17, 15) is 8.42 Å². The van der Waals surface area contributed by atoms with Gasteiger partial charge in [0.25, 0.3) is 0 Å². The molecule has 24 heavy (non-hydrogen) atoms. The fraction of sp³-hybridized carbons (Fsp3) is 0.562. The molecule has 0 spiro atoms. The van der Waals surface area contributed by atoms with Crippen molar-refractivity contribution in [3.8, 4) is 0 Å². The summed E-state index contributed by atoms with van der Waals surface area (Å²) >= 11 is 0. The molecule has 138 valence electrons. The smallest absolute Gasteiger partial charge is 0.213 e. The van der Waals surface area contributed by atoms with Gasteiger partial charge in [-0.2, -0.15) is 0 Å². The molecule has 0 aliphatic carbocycles. The number of halogens is 1. The number of nitrogens with one attached hydrogen (secondary N) is 2. The quantitative estimate of drug-likeness (QED) is 0.201. The summed E-state index contributed by atoms with van der Waals surface area (Å²) in [5.41, 5.74) is 6.63. The van der Waals surface area contributed by atoms with E-state index in [1.807, 2.05) is 30.3 Å². The molecule has 0 unspecified atom stereocenters. The normalized spacial score (nSPS) is 11.8. The maximum absolute atomic E-state index is 11.9. The first kappa shape index (κ1) is 23.1. The third-order valence-electron chi connectivity index (χ3n) is 3.31. The minimum absolute atomic E-state index is 0. The number of guanidine groups is 1. The Morgan fingerprint density at radius 2 is 1.88 bits per heavy atom. The molecule has 0 amide bonds. The maximum Gasteiger partial charge on any atom is 0.213 e. The van der Waals surface area contributed by atoms with Crippen molar-refractivity contribution < 1.29 is 8.42 Å². The van der Waals surface area contributed by atoms with Crippen molar-refractivity contribution >= 4 is 40.0 Å². The molecule has 0 heterocycles. The van der Waals surface area contributed by atoms with Crippen molar-refractivity contribution in [2.45, 2.75) is 39.2 Å². The third-order valence-corrected chi connectivity index (χ3v) is 4.64. The second kappa shape index (κ2) is 13.4. The van der Waals surface area contributed by atoms with E-state index >= 15 is 0 Å². The summed E-state index contributed by atoms with van der Waals surface area (Å²) in [5, 5.41) is 2.84. The van der Waals surface area contributed by atoms with Gasteiger partial charge in [0.15, 0.2) is 5.96 Å². The summed E-state index contributed by atoms with van der Waals surface area (Å²) in [6.07, 6.45) is 4.54. The molecule has 0 saturated heterocycles. The lowest BCUT2D eigenvalue weighted by Crippen LogP contribution is -2.38. The Bertz CT molecular complexity index is 565. The lowest BCUT2D eigenvalue weighted by molar-refractivity contribution is 0.580. The molecule has 1 aromatic rings. The highest BCUT2D eigenvalue weighted by Crippen LogP contribution is 1.99. The highest BCUT2D eigenvalue weighted by Gasteiger charge is 2.09. The van der Waals surface area contributed by atoms with Gasteiger partial charge in [-0.05, 0) is 12.0 Å². The fourth-order valence-corrected chi connectivity index (χ4v) is 2.87. The zero-order chi connectivity index (χ0) is 17.0. The number of sulfonamides is 1. The van der Waals surface area contributed by atoms with Gasteiger partial charge in [0.1, 0.15) is 0 Å². The molecule has 8 heteroatoms. The Morgan fingerprint density at radius 1 is 1.17 bits per heavy atom. The Balaban J connectivity index is 0.00000529. The SMILES string of the molecule is CCCCCCN=C(N)NCCS(=O)(=O)NCc1ccccc1.I. The van der Waals surface area contributed by atoms with Crippen LogP contribution < -0.4 is 15.8 Å². The number of nitrogens with zero attached hydrogens (tertiary/aromatic N) is 1. The summed E-state index contributed by atoms with van der Waals surface area (Å²) < 4.78 is 26.3. The molecule has 4 N–H and O–H groups in total. The minimum atomic E-state index is -3.33. The molecule has 0 aliphatic heterocycles. The van der Waals surface area contributed by atoms with Crippen LogP contribution in [0.25, 0.3) is 0 Å². The van der Waals surface area contributed by atoms with Gasteiger partial charge < -0.3 is 11.1 Å². The van der Waals surface area contributed by atoms with Gasteiger partial charge in [0, 0.05) is 19.6 Å². The van der Waals surface area contributed by atoms with Gasteiger partial charge in [-0.1, -0.05) is 56.5 Å². The number of aliphatic imine (C=N–C) groups is 1. The van der Waals surface area contributed by atoms with Gasteiger partial charge in [0.2, 0.25) is 10.0 Å². The summed E-state index contributed by atoms with van der Waals surface area (Å²) in [6, 6.07) is 9.41. The van der Waals surface area contributed by atoms with Crippen molar-refractivity contribution in [1.82, 2.24) is 10.0 Å². The van der Waals surface area contributed by atoms with Gasteiger partial charge in [-0.15, -0.1) is 24.0 Å². The number of hydrogen-bond acceptors (Lipinski definition) is 3. The molecule has 0 saturated carbocycles. The zero-order valence-corrected chi connectivity index (χ0v) is 17.3. The van der Waals surface area contributed by atoms with E-state index in [4.69, 9.17) is 5.73 Å². The summed E-state index contributed by atoms with van der Waals surface area (Å²) in [6.45, 7) is 3.38. The first-order chi connectivity index (χ1) is 11.0. The van der Waals surface area contributed by atoms with Crippen molar-refractivity contribution in [3.63, 3.8) is 0 Å². The van der Waals surface area contributed by atoms with Crippen LogP contribution in [0.5, 0.6) is 0 Å². The second-order valence-corrected chi connectivity index (χ2v) is 7.31. The number of unbranched alkanes of at least 4 members (excludes halogenated alkanes) is 3. The van der Waals surface area contributed by atoms with Gasteiger partial charge in [0.05, 0.1) is 5.75 Å². The lowest BCUT2D eigenvalue weighted by Gasteiger charge is -2.08. The first-order valence-electron chi connectivity index (χ1n) is 8.08. The predicted molar refractivity (Wildman–Crippen MR) is 111 cm³/mol. The average molecular weight is 468 g/mol. The number of benzene rings is 1. The first-order valence-corrected chi connectivity index (χ1v) is 9.74. The largest absolute Gasteiger partial charge is 0.370 e. The van der Waals surface area contributed by atoms with Crippen molar-refractivity contribution in [2.24, 2.45) is 10.7 Å². The van der Waals surface area contributed by atoms with E-state index in [0.717, 1.165) is 18.4 Å². The Hall–Kier alpha value is -0.870. The summed E-state index contributed by atoms with van der Waals surface area (Å²) in [5.74, 6) is 0.270. The molecule has 0 atom stereocenters. The van der Waals surface area contributed by atoms with Crippen LogP contribution in [0.1, 0.15) is 38.2 Å². The maximum atomic E-state index is 11.9. The molecule has 0 bridgehead atoms. The lowest BCUT2D eigenvalue weighted by atomic mass is 10.2.